The van der Waals surface area contributed by atoms with Crippen LogP contribution < -0.4 is 5.32 Å². The third kappa shape index (κ3) is 2.90. The standard InChI is InChI=1S/C16H18N2S.ClH/c1-17-9-7-14(16-6-3-11-19-16)12-4-2-5-15-13(12)8-10-18-15;/h2-6,8,10-11,14,17-18H,7,9H2,1H3;1H. The molecule has 0 amide bonds. The highest BCUT2D eigenvalue weighted by atomic mass is 35.5. The van der Waals surface area contributed by atoms with E-state index in [1.54, 1.807) is 0 Å². The predicted molar refractivity (Wildman–Crippen MR) is 90.3 cm³/mol. The highest BCUT2D eigenvalue weighted by Crippen LogP contribution is 2.34. The Hall–Kier alpha value is -1.29. The van der Waals surface area contributed by atoms with E-state index in [1.165, 1.54) is 21.3 Å². The van der Waals surface area contributed by atoms with Gasteiger partial charge in [0.25, 0.3) is 0 Å². The van der Waals surface area contributed by atoms with Crippen LogP contribution in [0.2, 0.25) is 0 Å². The Bertz CT molecular complexity index is 645. The molecule has 0 aliphatic heterocycles. The van der Waals surface area contributed by atoms with E-state index in [1.807, 2.05) is 24.6 Å². The summed E-state index contributed by atoms with van der Waals surface area (Å²) in [6.07, 6.45) is 3.15. The Labute approximate surface area is 129 Å². The number of aromatic amines is 1. The van der Waals surface area contributed by atoms with E-state index < -0.39 is 0 Å². The summed E-state index contributed by atoms with van der Waals surface area (Å²) in [6, 6.07) is 13.1. The zero-order valence-electron chi connectivity index (χ0n) is 11.4. The van der Waals surface area contributed by atoms with Crippen molar-refractivity contribution in [3.05, 3.63) is 58.4 Å². The molecule has 1 atom stereocenters. The summed E-state index contributed by atoms with van der Waals surface area (Å²) >= 11 is 1.85. The van der Waals surface area contributed by atoms with Gasteiger partial charge in [0, 0.05) is 27.9 Å². The van der Waals surface area contributed by atoms with Gasteiger partial charge in [0.15, 0.2) is 0 Å². The maximum absolute atomic E-state index is 3.30. The summed E-state index contributed by atoms with van der Waals surface area (Å²) in [5.41, 5.74) is 2.65. The van der Waals surface area contributed by atoms with Gasteiger partial charge >= 0.3 is 0 Å². The average molecular weight is 307 g/mol. The van der Waals surface area contributed by atoms with Gasteiger partial charge in [-0.1, -0.05) is 18.2 Å². The van der Waals surface area contributed by atoms with Crippen molar-refractivity contribution in [2.45, 2.75) is 12.3 Å². The van der Waals surface area contributed by atoms with Crippen LogP contribution in [0.1, 0.15) is 22.8 Å². The fourth-order valence-corrected chi connectivity index (χ4v) is 3.52. The van der Waals surface area contributed by atoms with Crippen molar-refractivity contribution in [2.75, 3.05) is 13.6 Å². The highest BCUT2D eigenvalue weighted by molar-refractivity contribution is 7.10. The quantitative estimate of drug-likeness (QED) is 0.719. The molecule has 3 aromatic rings. The van der Waals surface area contributed by atoms with Gasteiger partial charge in [0.05, 0.1) is 0 Å². The van der Waals surface area contributed by atoms with Crippen molar-refractivity contribution in [3.8, 4) is 0 Å². The summed E-state index contributed by atoms with van der Waals surface area (Å²) in [5.74, 6) is 0.479. The first-order chi connectivity index (χ1) is 9.40. The van der Waals surface area contributed by atoms with Crippen LogP contribution in [0.15, 0.2) is 48.0 Å². The number of aromatic nitrogens is 1. The molecular weight excluding hydrogens is 288 g/mol. The third-order valence-corrected chi connectivity index (χ3v) is 4.56. The molecule has 4 heteroatoms. The first-order valence-corrected chi connectivity index (χ1v) is 7.52. The van der Waals surface area contributed by atoms with Crippen molar-refractivity contribution in [1.29, 1.82) is 0 Å². The molecule has 2 N–H and O–H groups in total. The maximum Gasteiger partial charge on any atom is 0.0456 e. The largest absolute Gasteiger partial charge is 0.361 e. The smallest absolute Gasteiger partial charge is 0.0456 e. The lowest BCUT2D eigenvalue weighted by molar-refractivity contribution is 0.671. The fraction of sp³-hybridized carbons (Fsp3) is 0.250. The molecule has 2 nitrogen and oxygen atoms in total. The second-order valence-corrected chi connectivity index (χ2v) is 5.73. The Morgan fingerprint density at radius 3 is 2.85 bits per heavy atom. The average Bonchev–Trinajstić information content (AvgIpc) is 3.10. The SMILES string of the molecule is CNCCC(c1cccs1)c1cccc2[nH]ccc12.Cl. The molecule has 106 valence electrons. The molecule has 0 bridgehead atoms. The van der Waals surface area contributed by atoms with Crippen LogP contribution in [-0.4, -0.2) is 18.6 Å². The number of halogens is 1. The fourth-order valence-electron chi connectivity index (χ4n) is 2.64. The van der Waals surface area contributed by atoms with Crippen molar-refractivity contribution >= 4 is 34.6 Å². The van der Waals surface area contributed by atoms with Crippen LogP contribution in [0.5, 0.6) is 0 Å². The molecule has 0 radical (unpaired) electrons. The molecule has 1 aromatic carbocycles. The lowest BCUT2D eigenvalue weighted by Gasteiger charge is -2.17. The van der Waals surface area contributed by atoms with Crippen LogP contribution in [0.3, 0.4) is 0 Å². The van der Waals surface area contributed by atoms with E-state index in [-0.39, 0.29) is 12.4 Å². The van der Waals surface area contributed by atoms with E-state index in [9.17, 15) is 0 Å². The second-order valence-electron chi connectivity index (χ2n) is 4.75. The van der Waals surface area contributed by atoms with Crippen molar-refractivity contribution in [2.24, 2.45) is 0 Å². The summed E-state index contributed by atoms with van der Waals surface area (Å²) in [4.78, 5) is 4.75. The zero-order valence-corrected chi connectivity index (χ0v) is 13.1. The highest BCUT2D eigenvalue weighted by Gasteiger charge is 2.17. The van der Waals surface area contributed by atoms with E-state index in [4.69, 9.17) is 0 Å². The molecule has 1 unspecified atom stereocenters. The first kappa shape index (κ1) is 15.1. The summed E-state index contributed by atoms with van der Waals surface area (Å²) in [6.45, 7) is 1.03. The van der Waals surface area contributed by atoms with Gasteiger partial charge in [0.1, 0.15) is 0 Å². The van der Waals surface area contributed by atoms with Gasteiger partial charge in [-0.15, -0.1) is 23.7 Å². The normalized spacial score (nSPS) is 12.2. The van der Waals surface area contributed by atoms with Crippen LogP contribution in [0.25, 0.3) is 10.9 Å². The first-order valence-electron chi connectivity index (χ1n) is 6.64. The molecule has 0 aliphatic rings. The number of thiophene rings is 1. The number of fused-ring (bicyclic) bond motifs is 1. The minimum absolute atomic E-state index is 0. The molecule has 0 fully saturated rings. The Kier molecular flexibility index (Phi) is 5.24. The minimum Gasteiger partial charge on any atom is -0.361 e. The van der Waals surface area contributed by atoms with Gasteiger partial charge < -0.3 is 10.3 Å². The molecule has 0 spiro atoms. The molecular formula is C16H19ClN2S. The van der Waals surface area contributed by atoms with Gasteiger partial charge in [-0.2, -0.15) is 0 Å². The number of nitrogens with one attached hydrogen (secondary N) is 2. The third-order valence-electron chi connectivity index (χ3n) is 3.57. The molecule has 0 aliphatic carbocycles. The Morgan fingerprint density at radius 2 is 2.10 bits per heavy atom. The van der Waals surface area contributed by atoms with Gasteiger partial charge in [-0.25, -0.2) is 0 Å². The maximum atomic E-state index is 3.30. The second kappa shape index (κ2) is 6.93. The summed E-state index contributed by atoms with van der Waals surface area (Å²) in [5, 5.41) is 6.78. The van der Waals surface area contributed by atoms with E-state index in [0.29, 0.717) is 5.92 Å². The van der Waals surface area contributed by atoms with Crippen molar-refractivity contribution in [1.82, 2.24) is 10.3 Å². The van der Waals surface area contributed by atoms with E-state index in [0.717, 1.165) is 13.0 Å². The Balaban J connectivity index is 0.00000147. The monoisotopic (exact) mass is 306 g/mol. The van der Waals surface area contributed by atoms with Crippen LogP contribution in [0.4, 0.5) is 0 Å². The lowest BCUT2D eigenvalue weighted by atomic mass is 9.91. The van der Waals surface area contributed by atoms with Gasteiger partial charge in [-0.3, -0.25) is 0 Å². The minimum atomic E-state index is 0. The number of H-pyrrole nitrogens is 1. The van der Waals surface area contributed by atoms with Crippen LogP contribution >= 0.6 is 23.7 Å². The summed E-state index contributed by atoms with van der Waals surface area (Å²) < 4.78 is 0. The number of rotatable bonds is 5. The van der Waals surface area contributed by atoms with E-state index >= 15 is 0 Å². The molecule has 2 aromatic heterocycles. The van der Waals surface area contributed by atoms with Crippen molar-refractivity contribution < 1.29 is 0 Å². The van der Waals surface area contributed by atoms with Gasteiger partial charge in [0.2, 0.25) is 0 Å². The number of benzene rings is 1. The van der Waals surface area contributed by atoms with Crippen LogP contribution in [-0.2, 0) is 0 Å². The van der Waals surface area contributed by atoms with Crippen LogP contribution in [0, 0.1) is 0 Å². The molecule has 20 heavy (non-hydrogen) atoms. The Morgan fingerprint density at radius 1 is 1.20 bits per heavy atom. The summed E-state index contributed by atoms with van der Waals surface area (Å²) in [7, 11) is 2.02. The molecule has 3 rings (SSSR count). The number of hydrogen-bond acceptors (Lipinski definition) is 2. The predicted octanol–water partition coefficient (Wildman–Crippen LogP) is 4.39. The topological polar surface area (TPSA) is 27.8 Å². The molecule has 2 heterocycles. The number of hydrogen-bond donors (Lipinski definition) is 2. The van der Waals surface area contributed by atoms with E-state index in [2.05, 4.69) is 52.1 Å². The van der Waals surface area contributed by atoms with Gasteiger partial charge in [-0.05, 0) is 49.2 Å². The molecule has 0 saturated carbocycles. The van der Waals surface area contributed by atoms with Crippen molar-refractivity contribution in [3.63, 3.8) is 0 Å². The molecule has 0 saturated heterocycles. The zero-order chi connectivity index (χ0) is 13.1. The lowest BCUT2D eigenvalue weighted by Crippen LogP contribution is -2.12.